The van der Waals surface area contributed by atoms with E-state index in [1.807, 2.05) is 0 Å². The topological polar surface area (TPSA) is 23.5 Å². The zero-order valence-electron chi connectivity index (χ0n) is 6.88. The predicted octanol–water partition coefficient (Wildman–Crippen LogP) is 0.709. The highest BCUT2D eigenvalue weighted by Crippen LogP contribution is 2.27. The molecule has 0 aromatic heterocycles. The van der Waals surface area contributed by atoms with Crippen LogP contribution in [0.2, 0.25) is 0 Å². The summed E-state index contributed by atoms with van der Waals surface area (Å²) in [5.41, 5.74) is 0. The maximum atomic E-state index is 8.99. The first-order valence-corrected chi connectivity index (χ1v) is 4.09. The van der Waals surface area contributed by atoms with Gasteiger partial charge in [-0.2, -0.15) is 0 Å². The van der Waals surface area contributed by atoms with E-state index in [1.54, 1.807) is 0 Å². The van der Waals surface area contributed by atoms with Crippen molar-refractivity contribution >= 4 is 0 Å². The summed E-state index contributed by atoms with van der Waals surface area (Å²) in [6, 6.07) is 0. The van der Waals surface area contributed by atoms with Gasteiger partial charge in [0.1, 0.15) is 0 Å². The summed E-state index contributed by atoms with van der Waals surface area (Å²) in [7, 11) is 2.13. The lowest BCUT2D eigenvalue weighted by molar-refractivity contribution is 0.0291. The first-order valence-electron chi connectivity index (χ1n) is 4.09. The minimum Gasteiger partial charge on any atom is -0.393 e. The molecule has 0 bridgehead atoms. The molecule has 0 aromatic rings. The van der Waals surface area contributed by atoms with E-state index < -0.39 is 0 Å². The molecular formula is C8H17NO. The molecule has 1 aliphatic rings. The molecule has 1 rings (SSSR count). The Balaban J connectivity index is 2.04. The minimum atomic E-state index is 0.00950. The van der Waals surface area contributed by atoms with Crippen molar-refractivity contribution in [2.45, 2.75) is 25.9 Å². The van der Waals surface area contributed by atoms with Crippen LogP contribution in [0.25, 0.3) is 0 Å². The Morgan fingerprint density at radius 3 is 2.50 bits per heavy atom. The lowest BCUT2D eigenvalue weighted by Crippen LogP contribution is -2.36. The summed E-state index contributed by atoms with van der Waals surface area (Å²) in [5.74, 6) is 0.764. The van der Waals surface area contributed by atoms with Crippen molar-refractivity contribution in [3.63, 3.8) is 0 Å². The second-order valence-electron chi connectivity index (χ2n) is 3.35. The molecule has 60 valence electrons. The third kappa shape index (κ3) is 1.96. The van der Waals surface area contributed by atoms with Gasteiger partial charge in [-0.05, 0) is 32.4 Å². The molecule has 0 aliphatic heterocycles. The average Bonchev–Trinajstić information content (AvgIpc) is 1.84. The van der Waals surface area contributed by atoms with Crippen molar-refractivity contribution in [2.75, 3.05) is 20.1 Å². The maximum Gasteiger partial charge on any atom is 0.0546 e. The quantitative estimate of drug-likeness (QED) is 0.629. The highest BCUT2D eigenvalue weighted by molar-refractivity contribution is 4.80. The molecule has 10 heavy (non-hydrogen) atoms. The Kier molecular flexibility index (Phi) is 2.69. The van der Waals surface area contributed by atoms with Crippen LogP contribution in [0.15, 0.2) is 0 Å². The van der Waals surface area contributed by atoms with E-state index in [9.17, 15) is 0 Å². The van der Waals surface area contributed by atoms with E-state index in [4.69, 9.17) is 5.11 Å². The molecule has 2 heteroatoms. The van der Waals surface area contributed by atoms with Crippen LogP contribution in [0.3, 0.4) is 0 Å². The van der Waals surface area contributed by atoms with E-state index >= 15 is 0 Å². The summed E-state index contributed by atoms with van der Waals surface area (Å²) >= 11 is 0. The van der Waals surface area contributed by atoms with Gasteiger partial charge in [0.15, 0.2) is 0 Å². The zero-order valence-corrected chi connectivity index (χ0v) is 6.88. The van der Waals surface area contributed by atoms with Gasteiger partial charge in [-0.25, -0.2) is 0 Å². The highest BCUT2D eigenvalue weighted by Gasteiger charge is 2.27. The van der Waals surface area contributed by atoms with Crippen LogP contribution in [0.1, 0.15) is 19.8 Å². The molecule has 0 aromatic carbocycles. The standard InChI is InChI=1S/C8H17NO/c1-3-9(2)6-7-4-8(10)5-7/h7-8,10H,3-6H2,1-2H3. The van der Waals surface area contributed by atoms with Crippen molar-refractivity contribution < 1.29 is 5.11 Å². The minimum absolute atomic E-state index is 0.00950. The molecule has 1 fully saturated rings. The van der Waals surface area contributed by atoms with Crippen LogP contribution in [-0.2, 0) is 0 Å². The van der Waals surface area contributed by atoms with Crippen molar-refractivity contribution in [2.24, 2.45) is 5.92 Å². The normalized spacial score (nSPS) is 32.4. The Morgan fingerprint density at radius 2 is 2.10 bits per heavy atom. The Hall–Kier alpha value is -0.0800. The van der Waals surface area contributed by atoms with Crippen LogP contribution >= 0.6 is 0 Å². The van der Waals surface area contributed by atoms with Crippen molar-refractivity contribution in [3.8, 4) is 0 Å². The Morgan fingerprint density at radius 1 is 1.50 bits per heavy atom. The lowest BCUT2D eigenvalue weighted by Gasteiger charge is -2.34. The van der Waals surface area contributed by atoms with Crippen LogP contribution in [0.4, 0.5) is 0 Å². The number of aliphatic hydroxyl groups excluding tert-OH is 1. The van der Waals surface area contributed by atoms with Crippen molar-refractivity contribution in [1.29, 1.82) is 0 Å². The molecule has 0 atom stereocenters. The molecule has 0 amide bonds. The monoisotopic (exact) mass is 143 g/mol. The van der Waals surface area contributed by atoms with Gasteiger partial charge in [-0.1, -0.05) is 6.92 Å². The maximum absolute atomic E-state index is 8.99. The molecule has 0 spiro atoms. The van der Waals surface area contributed by atoms with Gasteiger partial charge in [-0.15, -0.1) is 0 Å². The third-order valence-electron chi connectivity index (χ3n) is 2.32. The molecular weight excluding hydrogens is 126 g/mol. The molecule has 0 saturated heterocycles. The van der Waals surface area contributed by atoms with Gasteiger partial charge >= 0.3 is 0 Å². The second kappa shape index (κ2) is 3.35. The summed E-state index contributed by atoms with van der Waals surface area (Å²) in [6.07, 6.45) is 2.05. The summed E-state index contributed by atoms with van der Waals surface area (Å²) in [4.78, 5) is 2.30. The molecule has 1 saturated carbocycles. The first kappa shape index (κ1) is 8.02. The Bertz CT molecular complexity index is 99.4. The van der Waals surface area contributed by atoms with Gasteiger partial charge < -0.3 is 10.0 Å². The highest BCUT2D eigenvalue weighted by atomic mass is 16.3. The molecule has 1 N–H and O–H groups in total. The van der Waals surface area contributed by atoms with Gasteiger partial charge in [0.2, 0.25) is 0 Å². The van der Waals surface area contributed by atoms with Crippen LogP contribution < -0.4 is 0 Å². The number of hydrogen-bond acceptors (Lipinski definition) is 2. The van der Waals surface area contributed by atoms with Crippen molar-refractivity contribution in [1.82, 2.24) is 4.90 Å². The summed E-state index contributed by atoms with van der Waals surface area (Å²) < 4.78 is 0. The fourth-order valence-corrected chi connectivity index (χ4v) is 1.42. The number of nitrogens with zero attached hydrogens (tertiary/aromatic N) is 1. The molecule has 2 nitrogen and oxygen atoms in total. The number of aliphatic hydroxyl groups is 1. The fourth-order valence-electron chi connectivity index (χ4n) is 1.42. The van der Waals surface area contributed by atoms with Gasteiger partial charge in [0, 0.05) is 6.54 Å². The van der Waals surface area contributed by atoms with E-state index in [0.717, 1.165) is 31.8 Å². The SMILES string of the molecule is CCN(C)CC1CC(O)C1. The van der Waals surface area contributed by atoms with Gasteiger partial charge in [0.05, 0.1) is 6.10 Å². The molecule has 0 radical (unpaired) electrons. The van der Waals surface area contributed by atoms with Gasteiger partial charge in [-0.3, -0.25) is 0 Å². The van der Waals surface area contributed by atoms with E-state index in [0.29, 0.717) is 0 Å². The summed E-state index contributed by atoms with van der Waals surface area (Å²) in [5, 5.41) is 8.99. The summed E-state index contributed by atoms with van der Waals surface area (Å²) in [6.45, 7) is 4.44. The van der Waals surface area contributed by atoms with E-state index in [2.05, 4.69) is 18.9 Å². The van der Waals surface area contributed by atoms with Crippen LogP contribution in [-0.4, -0.2) is 36.2 Å². The third-order valence-corrected chi connectivity index (χ3v) is 2.32. The van der Waals surface area contributed by atoms with E-state index in [1.165, 1.54) is 0 Å². The van der Waals surface area contributed by atoms with Crippen molar-refractivity contribution in [3.05, 3.63) is 0 Å². The number of rotatable bonds is 3. The largest absolute Gasteiger partial charge is 0.393 e. The second-order valence-corrected chi connectivity index (χ2v) is 3.35. The lowest BCUT2D eigenvalue weighted by atomic mass is 9.82. The Labute approximate surface area is 62.8 Å². The number of hydrogen-bond donors (Lipinski definition) is 1. The zero-order chi connectivity index (χ0) is 7.56. The predicted molar refractivity (Wildman–Crippen MR) is 41.9 cm³/mol. The van der Waals surface area contributed by atoms with Crippen LogP contribution in [0.5, 0.6) is 0 Å². The average molecular weight is 143 g/mol. The van der Waals surface area contributed by atoms with Crippen LogP contribution in [0, 0.1) is 5.92 Å². The van der Waals surface area contributed by atoms with Gasteiger partial charge in [0.25, 0.3) is 0 Å². The molecule has 1 aliphatic carbocycles. The molecule has 0 unspecified atom stereocenters. The van der Waals surface area contributed by atoms with E-state index in [-0.39, 0.29) is 6.10 Å². The molecule has 0 heterocycles. The fraction of sp³-hybridized carbons (Fsp3) is 1.00. The smallest absolute Gasteiger partial charge is 0.0546 e. The first-order chi connectivity index (χ1) is 4.72.